The molecule has 3 aromatic carbocycles. The van der Waals surface area contributed by atoms with Gasteiger partial charge in [0.2, 0.25) is 0 Å². The van der Waals surface area contributed by atoms with Gasteiger partial charge in [0.15, 0.2) is 6.61 Å². The number of hydrogen-bond acceptors (Lipinski definition) is 4. The van der Waals surface area contributed by atoms with Crippen molar-refractivity contribution in [3.05, 3.63) is 83.4 Å². The Bertz CT molecular complexity index is 1240. The lowest BCUT2D eigenvalue weighted by atomic mass is 10.2. The topological polar surface area (TPSA) is 84.5 Å². The number of anilines is 2. The second kappa shape index (κ2) is 9.53. The number of aryl methyl sites for hydroxylation is 2. The van der Waals surface area contributed by atoms with E-state index in [0.717, 1.165) is 5.56 Å². The summed E-state index contributed by atoms with van der Waals surface area (Å²) in [5, 5.41) is 2.50. The Balaban J connectivity index is 1.74. The smallest absolute Gasteiger partial charge is 0.422 e. The van der Waals surface area contributed by atoms with E-state index in [1.165, 1.54) is 36.4 Å². The number of ether oxygens (including phenoxy) is 1. The number of amides is 1. The Labute approximate surface area is 189 Å². The van der Waals surface area contributed by atoms with E-state index in [-0.39, 0.29) is 21.9 Å². The molecule has 10 heteroatoms. The molecular weight excluding hydrogens is 457 g/mol. The predicted molar refractivity (Wildman–Crippen MR) is 119 cm³/mol. The summed E-state index contributed by atoms with van der Waals surface area (Å²) < 4.78 is 70.0. The van der Waals surface area contributed by atoms with E-state index in [2.05, 4.69) is 10.0 Å². The van der Waals surface area contributed by atoms with Gasteiger partial charge in [-0.3, -0.25) is 9.52 Å². The monoisotopic (exact) mass is 478 g/mol. The quantitative estimate of drug-likeness (QED) is 0.483. The van der Waals surface area contributed by atoms with Crippen molar-refractivity contribution in [3.63, 3.8) is 0 Å². The summed E-state index contributed by atoms with van der Waals surface area (Å²) in [6, 6.07) is 16.4. The maximum atomic E-state index is 12.6. The minimum Gasteiger partial charge on any atom is -0.482 e. The van der Waals surface area contributed by atoms with Crippen LogP contribution < -0.4 is 14.8 Å². The third-order valence-corrected chi connectivity index (χ3v) is 5.90. The number of alkyl halides is 3. The minimum absolute atomic E-state index is 0.0517. The molecule has 0 radical (unpaired) electrons. The summed E-state index contributed by atoms with van der Waals surface area (Å²) in [4.78, 5) is 12.5. The number of carbonyl (C=O) groups is 1. The van der Waals surface area contributed by atoms with Crippen LogP contribution in [0, 0.1) is 13.8 Å². The summed E-state index contributed by atoms with van der Waals surface area (Å²) in [6.45, 7) is 2.06. The van der Waals surface area contributed by atoms with Crippen LogP contribution in [0.2, 0.25) is 0 Å². The van der Waals surface area contributed by atoms with Crippen molar-refractivity contribution in [3.8, 4) is 5.75 Å². The van der Waals surface area contributed by atoms with E-state index in [1.54, 1.807) is 37.3 Å². The molecule has 3 rings (SSSR count). The summed E-state index contributed by atoms with van der Waals surface area (Å²) in [5.41, 5.74) is 2.21. The molecule has 2 N–H and O–H groups in total. The summed E-state index contributed by atoms with van der Waals surface area (Å²) in [6.07, 6.45) is -4.53. The van der Waals surface area contributed by atoms with Crippen molar-refractivity contribution >= 4 is 27.3 Å². The highest BCUT2D eigenvalue weighted by molar-refractivity contribution is 7.92. The van der Waals surface area contributed by atoms with Crippen LogP contribution in [-0.2, 0) is 10.0 Å². The van der Waals surface area contributed by atoms with Crippen molar-refractivity contribution < 1.29 is 31.1 Å². The van der Waals surface area contributed by atoms with Gasteiger partial charge in [0, 0.05) is 11.3 Å². The Morgan fingerprint density at radius 1 is 0.909 bits per heavy atom. The normalized spacial score (nSPS) is 11.7. The van der Waals surface area contributed by atoms with Gasteiger partial charge in [-0.05, 0) is 67.9 Å². The molecule has 0 saturated carbocycles. The van der Waals surface area contributed by atoms with Gasteiger partial charge in [-0.15, -0.1) is 0 Å². The van der Waals surface area contributed by atoms with E-state index in [0.29, 0.717) is 11.3 Å². The number of sulfonamides is 1. The fourth-order valence-electron chi connectivity index (χ4n) is 2.83. The average Bonchev–Trinajstić information content (AvgIpc) is 2.75. The molecule has 0 unspecified atom stereocenters. The highest BCUT2D eigenvalue weighted by atomic mass is 32.2. The van der Waals surface area contributed by atoms with Gasteiger partial charge in [-0.2, -0.15) is 13.2 Å². The van der Waals surface area contributed by atoms with Crippen LogP contribution in [0.5, 0.6) is 5.75 Å². The Kier molecular flexibility index (Phi) is 6.97. The Hall–Kier alpha value is -3.53. The van der Waals surface area contributed by atoms with Gasteiger partial charge in [0.25, 0.3) is 15.9 Å². The summed E-state index contributed by atoms with van der Waals surface area (Å²) in [5.74, 6) is -0.756. The van der Waals surface area contributed by atoms with E-state index in [4.69, 9.17) is 4.74 Å². The average molecular weight is 478 g/mol. The number of hydrogen-bond donors (Lipinski definition) is 2. The second-order valence-corrected chi connectivity index (χ2v) is 9.04. The largest absolute Gasteiger partial charge is 0.482 e. The van der Waals surface area contributed by atoms with Crippen molar-refractivity contribution in [2.75, 3.05) is 16.6 Å². The Morgan fingerprint density at radius 3 is 2.12 bits per heavy atom. The van der Waals surface area contributed by atoms with Crippen molar-refractivity contribution in [1.29, 1.82) is 0 Å². The number of rotatable bonds is 7. The first-order chi connectivity index (χ1) is 15.4. The zero-order valence-corrected chi connectivity index (χ0v) is 18.5. The van der Waals surface area contributed by atoms with Gasteiger partial charge in [-0.1, -0.05) is 23.8 Å². The number of carbonyl (C=O) groups excluding carboxylic acids is 1. The Morgan fingerprint density at radius 2 is 1.52 bits per heavy atom. The van der Waals surface area contributed by atoms with Crippen molar-refractivity contribution in [1.82, 2.24) is 0 Å². The molecule has 3 aromatic rings. The first-order valence-electron chi connectivity index (χ1n) is 9.74. The molecular formula is C23H21F3N2O4S. The van der Waals surface area contributed by atoms with Crippen molar-refractivity contribution in [2.45, 2.75) is 24.9 Å². The number of nitrogens with one attached hydrogen (secondary N) is 2. The molecule has 0 aromatic heterocycles. The molecule has 0 atom stereocenters. The first kappa shape index (κ1) is 24.1. The molecule has 33 heavy (non-hydrogen) atoms. The zero-order chi connectivity index (χ0) is 24.2. The molecule has 0 aliphatic heterocycles. The third kappa shape index (κ3) is 6.72. The fourth-order valence-corrected chi connectivity index (χ4v) is 3.89. The zero-order valence-electron chi connectivity index (χ0n) is 17.7. The van der Waals surface area contributed by atoms with Crippen LogP contribution in [0.15, 0.2) is 71.6 Å². The third-order valence-electron chi connectivity index (χ3n) is 4.51. The van der Waals surface area contributed by atoms with E-state index < -0.39 is 28.7 Å². The van der Waals surface area contributed by atoms with Gasteiger partial charge in [0.05, 0.1) is 10.6 Å². The molecule has 6 nitrogen and oxygen atoms in total. The minimum atomic E-state index is -4.53. The van der Waals surface area contributed by atoms with Crippen LogP contribution >= 0.6 is 0 Å². The summed E-state index contributed by atoms with van der Waals surface area (Å²) in [7, 11) is -3.87. The van der Waals surface area contributed by atoms with Gasteiger partial charge >= 0.3 is 6.18 Å². The van der Waals surface area contributed by atoms with E-state index in [9.17, 15) is 26.4 Å². The lowest BCUT2D eigenvalue weighted by Crippen LogP contribution is -2.20. The molecule has 0 fully saturated rings. The SMILES string of the molecule is Cc1ccc(NS(=O)(=O)c2ccc(C(=O)Nc3ccc(C)cc3OCC(F)(F)F)cc2)cc1. The molecule has 0 saturated heterocycles. The van der Waals surface area contributed by atoms with Crippen LogP contribution in [0.4, 0.5) is 24.5 Å². The predicted octanol–water partition coefficient (Wildman–Crippen LogP) is 5.30. The van der Waals surface area contributed by atoms with Gasteiger partial charge in [-0.25, -0.2) is 8.42 Å². The molecule has 174 valence electrons. The highest BCUT2D eigenvalue weighted by Gasteiger charge is 2.29. The molecule has 0 aliphatic rings. The van der Waals surface area contributed by atoms with Gasteiger partial charge in [0.1, 0.15) is 5.75 Å². The maximum absolute atomic E-state index is 12.6. The van der Waals surface area contributed by atoms with E-state index >= 15 is 0 Å². The molecule has 0 spiro atoms. The fraction of sp³-hybridized carbons (Fsp3) is 0.174. The van der Waals surface area contributed by atoms with Crippen LogP contribution in [-0.4, -0.2) is 27.1 Å². The lowest BCUT2D eigenvalue weighted by Gasteiger charge is -2.15. The molecule has 0 bridgehead atoms. The number of benzene rings is 3. The molecule has 0 heterocycles. The number of halogens is 3. The second-order valence-electron chi connectivity index (χ2n) is 7.35. The van der Waals surface area contributed by atoms with Crippen molar-refractivity contribution in [2.24, 2.45) is 0 Å². The molecule has 0 aliphatic carbocycles. The van der Waals surface area contributed by atoms with Crippen LogP contribution in [0.1, 0.15) is 21.5 Å². The molecule has 1 amide bonds. The van der Waals surface area contributed by atoms with Crippen LogP contribution in [0.25, 0.3) is 0 Å². The van der Waals surface area contributed by atoms with Crippen LogP contribution in [0.3, 0.4) is 0 Å². The summed E-state index contributed by atoms with van der Waals surface area (Å²) >= 11 is 0. The van der Waals surface area contributed by atoms with Gasteiger partial charge < -0.3 is 10.1 Å². The maximum Gasteiger partial charge on any atom is 0.422 e. The lowest BCUT2D eigenvalue weighted by molar-refractivity contribution is -0.153. The highest BCUT2D eigenvalue weighted by Crippen LogP contribution is 2.28. The standard InChI is InChI=1S/C23H21F3N2O4S/c1-15-3-8-18(9-4-15)28-33(30,31)19-10-6-17(7-11-19)22(29)27-20-12-5-16(2)13-21(20)32-14-23(24,25)26/h3-13,28H,14H2,1-2H3,(H,27,29). The first-order valence-corrected chi connectivity index (χ1v) is 11.2. The van der Waals surface area contributed by atoms with E-state index in [1.807, 2.05) is 6.92 Å².